The zero-order chi connectivity index (χ0) is 13.3. The van der Waals surface area contributed by atoms with Crippen molar-refractivity contribution < 1.29 is 9.53 Å². The fourth-order valence-electron chi connectivity index (χ4n) is 1.76. The number of nitrogens with two attached hydrogens (primary N) is 1. The molecule has 0 bridgehead atoms. The Hall–Kier alpha value is -2.30. The Balaban J connectivity index is 2.55. The number of carbonyl (C=O) groups excluding carboxylic acids is 1. The second-order valence-electron chi connectivity index (χ2n) is 4.14. The van der Waals surface area contributed by atoms with Crippen LogP contribution in [0.25, 0.3) is 5.69 Å². The predicted molar refractivity (Wildman–Crippen MR) is 68.8 cm³/mol. The van der Waals surface area contributed by atoms with E-state index in [-0.39, 0.29) is 11.4 Å². The molecule has 5 nitrogen and oxygen atoms in total. The summed E-state index contributed by atoms with van der Waals surface area (Å²) < 4.78 is 6.20. The van der Waals surface area contributed by atoms with Crippen molar-refractivity contribution >= 4 is 11.8 Å². The molecule has 0 atom stereocenters. The molecule has 0 amide bonds. The van der Waals surface area contributed by atoms with E-state index in [2.05, 4.69) is 9.84 Å². The van der Waals surface area contributed by atoms with Crippen molar-refractivity contribution in [2.24, 2.45) is 0 Å². The van der Waals surface area contributed by atoms with Gasteiger partial charge in [0.1, 0.15) is 11.4 Å². The number of anilines is 1. The normalized spacial score (nSPS) is 10.4. The summed E-state index contributed by atoms with van der Waals surface area (Å²) in [5, 5.41) is 4.15. The minimum absolute atomic E-state index is 0.276. The molecule has 0 saturated carbocycles. The van der Waals surface area contributed by atoms with Crippen LogP contribution in [0.2, 0.25) is 0 Å². The van der Waals surface area contributed by atoms with Crippen molar-refractivity contribution in [1.29, 1.82) is 0 Å². The average molecular weight is 245 g/mol. The zero-order valence-electron chi connectivity index (χ0n) is 10.6. The Bertz CT molecular complexity index is 602. The van der Waals surface area contributed by atoms with Crippen LogP contribution in [0, 0.1) is 13.8 Å². The molecule has 0 saturated heterocycles. The molecule has 2 aromatic rings. The van der Waals surface area contributed by atoms with Gasteiger partial charge in [0, 0.05) is 0 Å². The molecule has 18 heavy (non-hydrogen) atoms. The molecule has 0 aliphatic rings. The van der Waals surface area contributed by atoms with E-state index in [0.717, 1.165) is 16.8 Å². The van der Waals surface area contributed by atoms with Crippen LogP contribution >= 0.6 is 0 Å². The van der Waals surface area contributed by atoms with Crippen molar-refractivity contribution in [2.45, 2.75) is 13.8 Å². The predicted octanol–water partition coefficient (Wildman–Crippen LogP) is 1.86. The first-order valence-electron chi connectivity index (χ1n) is 5.54. The van der Waals surface area contributed by atoms with Crippen LogP contribution in [-0.2, 0) is 4.74 Å². The minimum atomic E-state index is -0.482. The van der Waals surface area contributed by atoms with Crippen LogP contribution in [0.1, 0.15) is 21.5 Å². The molecule has 0 unspecified atom stereocenters. The van der Waals surface area contributed by atoms with Gasteiger partial charge in [-0.1, -0.05) is 12.1 Å². The van der Waals surface area contributed by atoms with Gasteiger partial charge in [-0.2, -0.15) is 5.10 Å². The lowest BCUT2D eigenvalue weighted by Crippen LogP contribution is -2.08. The molecular formula is C13H15N3O2. The van der Waals surface area contributed by atoms with Crippen LogP contribution in [0.15, 0.2) is 24.4 Å². The van der Waals surface area contributed by atoms with Crippen molar-refractivity contribution in [2.75, 3.05) is 12.8 Å². The number of methoxy groups -OCH3 is 1. The summed E-state index contributed by atoms with van der Waals surface area (Å²) in [6.07, 6.45) is 1.42. The number of hydrogen-bond acceptors (Lipinski definition) is 4. The number of nitrogens with zero attached hydrogens (tertiary/aromatic N) is 2. The first-order valence-corrected chi connectivity index (χ1v) is 5.54. The smallest absolute Gasteiger partial charge is 0.343 e. The number of aryl methyl sites for hydroxylation is 2. The molecule has 5 heteroatoms. The van der Waals surface area contributed by atoms with Gasteiger partial charge in [-0.25, -0.2) is 9.48 Å². The van der Waals surface area contributed by atoms with Gasteiger partial charge >= 0.3 is 5.97 Å². The molecule has 94 valence electrons. The third kappa shape index (κ3) is 1.95. The Morgan fingerprint density at radius 2 is 2.11 bits per heavy atom. The van der Waals surface area contributed by atoms with E-state index in [1.807, 2.05) is 32.0 Å². The summed E-state index contributed by atoms with van der Waals surface area (Å²) in [6, 6.07) is 5.98. The van der Waals surface area contributed by atoms with Crippen molar-refractivity contribution in [3.05, 3.63) is 41.1 Å². The summed E-state index contributed by atoms with van der Waals surface area (Å²) in [6.45, 7) is 3.96. The summed E-state index contributed by atoms with van der Waals surface area (Å²) >= 11 is 0. The second-order valence-corrected chi connectivity index (χ2v) is 4.14. The first-order chi connectivity index (χ1) is 8.54. The fraction of sp³-hybridized carbons (Fsp3) is 0.231. The zero-order valence-corrected chi connectivity index (χ0v) is 10.6. The molecule has 1 heterocycles. The van der Waals surface area contributed by atoms with Gasteiger partial charge < -0.3 is 10.5 Å². The molecule has 0 radical (unpaired) electrons. The Labute approximate surface area is 105 Å². The molecule has 1 aromatic heterocycles. The SMILES string of the molecule is COC(=O)c1cnn(-c2cc(C)ccc2C)c1N. The van der Waals surface area contributed by atoms with Gasteiger partial charge in [0.05, 0.1) is 19.0 Å². The van der Waals surface area contributed by atoms with Crippen molar-refractivity contribution in [1.82, 2.24) is 9.78 Å². The number of nitrogen functional groups attached to an aromatic ring is 1. The number of esters is 1. The highest BCUT2D eigenvalue weighted by atomic mass is 16.5. The number of rotatable bonds is 2. The van der Waals surface area contributed by atoms with E-state index in [4.69, 9.17) is 5.73 Å². The molecule has 0 aliphatic heterocycles. The number of ether oxygens (including phenoxy) is 1. The van der Waals surface area contributed by atoms with E-state index in [9.17, 15) is 4.79 Å². The molecule has 2 rings (SSSR count). The topological polar surface area (TPSA) is 70.1 Å². The van der Waals surface area contributed by atoms with E-state index in [1.54, 1.807) is 4.68 Å². The summed E-state index contributed by atoms with van der Waals surface area (Å²) in [7, 11) is 1.32. The van der Waals surface area contributed by atoms with E-state index < -0.39 is 5.97 Å². The number of aromatic nitrogens is 2. The lowest BCUT2D eigenvalue weighted by atomic mass is 10.1. The van der Waals surface area contributed by atoms with Crippen LogP contribution in [0.3, 0.4) is 0 Å². The summed E-state index contributed by atoms with van der Waals surface area (Å²) in [5.41, 5.74) is 9.21. The minimum Gasteiger partial charge on any atom is -0.465 e. The van der Waals surface area contributed by atoms with Crippen LogP contribution < -0.4 is 5.73 Å². The van der Waals surface area contributed by atoms with Crippen molar-refractivity contribution in [3.8, 4) is 5.69 Å². The quantitative estimate of drug-likeness (QED) is 0.820. The first kappa shape index (κ1) is 12.2. The lowest BCUT2D eigenvalue weighted by Gasteiger charge is -2.09. The van der Waals surface area contributed by atoms with Gasteiger partial charge in [-0.3, -0.25) is 0 Å². The maximum absolute atomic E-state index is 11.5. The Morgan fingerprint density at radius 3 is 2.78 bits per heavy atom. The molecule has 0 aliphatic carbocycles. The fourth-order valence-corrected chi connectivity index (χ4v) is 1.76. The van der Waals surface area contributed by atoms with Gasteiger partial charge in [0.15, 0.2) is 0 Å². The van der Waals surface area contributed by atoms with Gasteiger partial charge in [-0.15, -0.1) is 0 Å². The van der Waals surface area contributed by atoms with E-state index >= 15 is 0 Å². The van der Waals surface area contributed by atoms with Gasteiger partial charge in [0.25, 0.3) is 0 Å². The molecule has 2 N–H and O–H groups in total. The average Bonchev–Trinajstić information content (AvgIpc) is 2.73. The molecule has 1 aromatic carbocycles. The lowest BCUT2D eigenvalue weighted by molar-refractivity contribution is 0.0602. The molecule has 0 spiro atoms. The number of carbonyl (C=O) groups is 1. The van der Waals surface area contributed by atoms with E-state index in [1.165, 1.54) is 13.3 Å². The largest absolute Gasteiger partial charge is 0.465 e. The third-order valence-electron chi connectivity index (χ3n) is 2.80. The Kier molecular flexibility index (Phi) is 3.06. The highest BCUT2D eigenvalue weighted by molar-refractivity contribution is 5.94. The second kappa shape index (κ2) is 4.52. The van der Waals surface area contributed by atoms with Crippen LogP contribution in [0.4, 0.5) is 5.82 Å². The van der Waals surface area contributed by atoms with Gasteiger partial charge in [-0.05, 0) is 31.0 Å². The number of benzene rings is 1. The van der Waals surface area contributed by atoms with E-state index in [0.29, 0.717) is 0 Å². The Morgan fingerprint density at radius 1 is 1.39 bits per heavy atom. The maximum atomic E-state index is 11.5. The third-order valence-corrected chi connectivity index (χ3v) is 2.80. The standard InChI is InChI=1S/C13H15N3O2/c1-8-4-5-9(2)11(6-8)16-12(14)10(7-15-16)13(17)18-3/h4-7H,14H2,1-3H3. The highest BCUT2D eigenvalue weighted by Crippen LogP contribution is 2.21. The van der Waals surface area contributed by atoms with Crippen molar-refractivity contribution in [3.63, 3.8) is 0 Å². The monoisotopic (exact) mass is 245 g/mol. The molecular weight excluding hydrogens is 230 g/mol. The molecule has 0 fully saturated rings. The van der Waals surface area contributed by atoms with Crippen LogP contribution in [0.5, 0.6) is 0 Å². The van der Waals surface area contributed by atoms with Crippen LogP contribution in [-0.4, -0.2) is 22.9 Å². The van der Waals surface area contributed by atoms with Gasteiger partial charge in [0.2, 0.25) is 0 Å². The maximum Gasteiger partial charge on any atom is 0.343 e. The summed E-state index contributed by atoms with van der Waals surface area (Å²) in [5.74, 6) is -0.195. The summed E-state index contributed by atoms with van der Waals surface area (Å²) in [4.78, 5) is 11.5. The number of hydrogen-bond donors (Lipinski definition) is 1. The highest BCUT2D eigenvalue weighted by Gasteiger charge is 2.17.